The van der Waals surface area contributed by atoms with E-state index in [1.54, 1.807) is 11.1 Å². The molecule has 3 heteroatoms. The molecule has 3 aliphatic heterocycles. The van der Waals surface area contributed by atoms with Gasteiger partial charge in [-0.25, -0.2) is 0 Å². The Morgan fingerprint density at radius 2 is 1.72 bits per heavy atom. The van der Waals surface area contributed by atoms with Crippen LogP contribution >= 0.6 is 0 Å². The summed E-state index contributed by atoms with van der Waals surface area (Å²) in [6.45, 7) is 2.57. The van der Waals surface area contributed by atoms with Crippen LogP contribution in [0.4, 0.5) is 0 Å². The molecule has 25 heavy (non-hydrogen) atoms. The summed E-state index contributed by atoms with van der Waals surface area (Å²) >= 11 is 0. The lowest BCUT2D eigenvalue weighted by Crippen LogP contribution is -2.52. The number of rotatable bonds is 3. The molecule has 3 heterocycles. The molecular weight excluding hydrogens is 308 g/mol. The fraction of sp³-hybridized carbons (Fsp3) is 0.727. The largest absolute Gasteiger partial charge is 0.490 e. The zero-order valence-corrected chi connectivity index (χ0v) is 15.6. The number of hydrogen-bond donors (Lipinski definition) is 0. The summed E-state index contributed by atoms with van der Waals surface area (Å²) in [6.07, 6.45) is 12.2. The third kappa shape index (κ3) is 3.00. The predicted octanol–water partition coefficient (Wildman–Crippen LogP) is 4.16. The van der Waals surface area contributed by atoms with Crippen molar-refractivity contribution in [2.75, 3.05) is 20.1 Å². The number of benzene rings is 1. The summed E-state index contributed by atoms with van der Waals surface area (Å²) in [4.78, 5) is 5.32. The molecule has 1 aromatic carbocycles. The van der Waals surface area contributed by atoms with E-state index in [-0.39, 0.29) is 0 Å². The SMILES string of the molecule is CN1C2CCCC1CC(Oc1ccc3c(c1)C(N1CCCC1)CC3)C2. The fourth-order valence-corrected chi connectivity index (χ4v) is 5.92. The minimum atomic E-state index is 0.413. The summed E-state index contributed by atoms with van der Waals surface area (Å²) < 4.78 is 6.53. The molecule has 1 aromatic rings. The maximum absolute atomic E-state index is 6.53. The first-order valence-electron chi connectivity index (χ1n) is 10.5. The second-order valence-electron chi connectivity index (χ2n) is 8.77. The average molecular weight is 341 g/mol. The van der Waals surface area contributed by atoms with E-state index in [2.05, 4.69) is 35.0 Å². The van der Waals surface area contributed by atoms with Crippen molar-refractivity contribution in [3.63, 3.8) is 0 Å². The molecule has 3 unspecified atom stereocenters. The number of nitrogens with zero attached hydrogens (tertiary/aromatic N) is 2. The average Bonchev–Trinajstić information content (AvgIpc) is 3.24. The Bertz CT molecular complexity index is 610. The first-order chi connectivity index (χ1) is 12.3. The number of likely N-dealkylation sites (tertiary alicyclic amines) is 1. The summed E-state index contributed by atoms with van der Waals surface area (Å²) in [5.74, 6) is 1.12. The topological polar surface area (TPSA) is 15.7 Å². The minimum absolute atomic E-state index is 0.413. The highest BCUT2D eigenvalue weighted by molar-refractivity contribution is 5.41. The number of piperidine rings is 2. The Labute approximate surface area is 152 Å². The molecule has 3 atom stereocenters. The molecule has 3 saturated heterocycles. The Kier molecular flexibility index (Phi) is 4.25. The third-order valence-electron chi connectivity index (χ3n) is 7.34. The van der Waals surface area contributed by atoms with Gasteiger partial charge < -0.3 is 9.64 Å². The van der Waals surface area contributed by atoms with Gasteiger partial charge in [0.25, 0.3) is 0 Å². The molecule has 136 valence electrons. The lowest BCUT2D eigenvalue weighted by Gasteiger charge is -2.46. The van der Waals surface area contributed by atoms with Crippen molar-refractivity contribution in [2.45, 2.75) is 82.0 Å². The van der Waals surface area contributed by atoms with Crippen LogP contribution in [-0.4, -0.2) is 48.1 Å². The van der Waals surface area contributed by atoms with Gasteiger partial charge >= 0.3 is 0 Å². The van der Waals surface area contributed by atoms with Gasteiger partial charge in [-0.3, -0.25) is 4.90 Å². The van der Waals surface area contributed by atoms with Gasteiger partial charge in [0.1, 0.15) is 11.9 Å². The summed E-state index contributed by atoms with van der Waals surface area (Å²) in [5.41, 5.74) is 3.12. The van der Waals surface area contributed by atoms with Crippen LogP contribution in [0.5, 0.6) is 5.75 Å². The van der Waals surface area contributed by atoms with Crippen LogP contribution in [0, 0.1) is 0 Å². The molecule has 2 bridgehead atoms. The van der Waals surface area contributed by atoms with Crippen molar-refractivity contribution < 1.29 is 4.74 Å². The van der Waals surface area contributed by atoms with E-state index in [1.165, 1.54) is 70.9 Å². The molecule has 0 amide bonds. The van der Waals surface area contributed by atoms with Gasteiger partial charge in [-0.05, 0) is 94.8 Å². The number of aryl methyl sites for hydroxylation is 1. The molecule has 1 aliphatic carbocycles. The Balaban J connectivity index is 1.31. The minimum Gasteiger partial charge on any atom is -0.490 e. The van der Waals surface area contributed by atoms with Gasteiger partial charge in [0.15, 0.2) is 0 Å². The molecule has 0 aromatic heterocycles. The Hall–Kier alpha value is -1.06. The summed E-state index contributed by atoms with van der Waals surface area (Å²) in [6, 6.07) is 9.10. The van der Waals surface area contributed by atoms with Crippen LogP contribution in [0.25, 0.3) is 0 Å². The van der Waals surface area contributed by atoms with E-state index in [1.807, 2.05) is 0 Å². The number of fused-ring (bicyclic) bond motifs is 3. The highest BCUT2D eigenvalue weighted by atomic mass is 16.5. The Morgan fingerprint density at radius 1 is 0.960 bits per heavy atom. The van der Waals surface area contributed by atoms with Crippen LogP contribution in [0.15, 0.2) is 18.2 Å². The van der Waals surface area contributed by atoms with E-state index in [0.717, 1.165) is 17.8 Å². The quantitative estimate of drug-likeness (QED) is 0.821. The maximum atomic E-state index is 6.53. The van der Waals surface area contributed by atoms with Gasteiger partial charge in [-0.15, -0.1) is 0 Å². The van der Waals surface area contributed by atoms with Crippen LogP contribution in [0.2, 0.25) is 0 Å². The fourth-order valence-electron chi connectivity index (χ4n) is 5.92. The van der Waals surface area contributed by atoms with Crippen LogP contribution in [0.1, 0.15) is 68.5 Å². The standard InChI is InChI=1S/C22H32N2O/c1-23-17-5-4-6-18(23)14-20(13-17)25-19-9-7-16-8-10-22(21(16)15-19)24-11-2-3-12-24/h7,9,15,17-18,20,22H,2-6,8,10-14H2,1H3. The molecule has 3 nitrogen and oxygen atoms in total. The highest BCUT2D eigenvalue weighted by Crippen LogP contribution is 2.40. The van der Waals surface area contributed by atoms with Crippen molar-refractivity contribution in [1.82, 2.24) is 9.80 Å². The molecule has 0 saturated carbocycles. The first-order valence-corrected chi connectivity index (χ1v) is 10.5. The molecule has 0 spiro atoms. The van der Waals surface area contributed by atoms with Gasteiger partial charge in [0, 0.05) is 18.1 Å². The first kappa shape index (κ1) is 16.1. The van der Waals surface area contributed by atoms with Crippen molar-refractivity contribution in [2.24, 2.45) is 0 Å². The lowest BCUT2D eigenvalue weighted by molar-refractivity contribution is 0.0000902. The number of hydrogen-bond acceptors (Lipinski definition) is 3. The Morgan fingerprint density at radius 3 is 2.48 bits per heavy atom. The van der Waals surface area contributed by atoms with Crippen molar-refractivity contribution in [1.29, 1.82) is 0 Å². The third-order valence-corrected chi connectivity index (χ3v) is 7.34. The van der Waals surface area contributed by atoms with Crippen LogP contribution < -0.4 is 4.74 Å². The van der Waals surface area contributed by atoms with Crippen LogP contribution in [0.3, 0.4) is 0 Å². The van der Waals surface area contributed by atoms with E-state index >= 15 is 0 Å². The van der Waals surface area contributed by atoms with Gasteiger partial charge in [0.2, 0.25) is 0 Å². The van der Waals surface area contributed by atoms with Crippen molar-refractivity contribution in [3.05, 3.63) is 29.3 Å². The van der Waals surface area contributed by atoms with Gasteiger partial charge in [0.05, 0.1) is 0 Å². The summed E-state index contributed by atoms with van der Waals surface area (Å²) in [5, 5.41) is 0. The second-order valence-corrected chi connectivity index (χ2v) is 8.77. The molecule has 0 radical (unpaired) electrons. The van der Waals surface area contributed by atoms with Crippen LogP contribution in [-0.2, 0) is 6.42 Å². The molecule has 0 N–H and O–H groups in total. The lowest BCUT2D eigenvalue weighted by atomic mass is 9.83. The smallest absolute Gasteiger partial charge is 0.120 e. The van der Waals surface area contributed by atoms with Crippen molar-refractivity contribution >= 4 is 0 Å². The summed E-state index contributed by atoms with van der Waals surface area (Å²) in [7, 11) is 2.32. The highest BCUT2D eigenvalue weighted by Gasteiger charge is 2.37. The second kappa shape index (κ2) is 6.59. The van der Waals surface area contributed by atoms with E-state index in [4.69, 9.17) is 4.74 Å². The molecule has 3 fully saturated rings. The maximum Gasteiger partial charge on any atom is 0.120 e. The van der Waals surface area contributed by atoms with E-state index in [0.29, 0.717) is 12.1 Å². The normalized spacial score (nSPS) is 35.7. The van der Waals surface area contributed by atoms with E-state index in [9.17, 15) is 0 Å². The molecule has 5 rings (SSSR count). The monoisotopic (exact) mass is 340 g/mol. The predicted molar refractivity (Wildman–Crippen MR) is 101 cm³/mol. The van der Waals surface area contributed by atoms with Gasteiger partial charge in [-0.1, -0.05) is 12.5 Å². The zero-order valence-electron chi connectivity index (χ0n) is 15.6. The molecular formula is C22H32N2O. The van der Waals surface area contributed by atoms with Gasteiger partial charge in [-0.2, -0.15) is 0 Å². The van der Waals surface area contributed by atoms with Crippen molar-refractivity contribution in [3.8, 4) is 5.75 Å². The van der Waals surface area contributed by atoms with E-state index < -0.39 is 0 Å². The molecule has 4 aliphatic rings. The zero-order chi connectivity index (χ0) is 16.8. The number of ether oxygens (including phenoxy) is 1.